The number of fused-ring (bicyclic) bond motifs is 3. The highest BCUT2D eigenvalue weighted by Gasteiger charge is 2.34. The Balaban J connectivity index is 1.71. The summed E-state index contributed by atoms with van der Waals surface area (Å²) in [6.07, 6.45) is 3.12. The molecule has 0 fully saturated rings. The Kier molecular flexibility index (Phi) is 4.61. The van der Waals surface area contributed by atoms with Crippen LogP contribution >= 0.6 is 0 Å². The fourth-order valence-corrected chi connectivity index (χ4v) is 4.06. The second-order valence-electron chi connectivity index (χ2n) is 7.90. The molecule has 1 aliphatic rings. The molecule has 3 aromatic rings. The number of hydrogen-bond acceptors (Lipinski definition) is 4. The molecular formula is C23H26N2O3. The van der Waals surface area contributed by atoms with Gasteiger partial charge in [0.25, 0.3) is 5.56 Å². The van der Waals surface area contributed by atoms with Crippen molar-refractivity contribution in [3.05, 3.63) is 63.6 Å². The lowest BCUT2D eigenvalue weighted by atomic mass is 9.87. The average Bonchev–Trinajstić information content (AvgIpc) is 2.67. The minimum Gasteiger partial charge on any atom is -0.508 e. The lowest BCUT2D eigenvalue weighted by molar-refractivity contribution is 0.0577. The van der Waals surface area contributed by atoms with Gasteiger partial charge in [0.1, 0.15) is 22.7 Å². The highest BCUT2D eigenvalue weighted by Crippen LogP contribution is 2.38. The first-order valence-electron chi connectivity index (χ1n) is 9.90. The minimum atomic E-state index is -0.360. The third-order valence-electron chi connectivity index (χ3n) is 5.71. The molecule has 28 heavy (non-hydrogen) atoms. The summed E-state index contributed by atoms with van der Waals surface area (Å²) in [5.41, 5.74) is 3.08. The molecule has 2 aromatic heterocycles. The standard InChI is InChI=1S/C23H26N2O3/c1-4-25-21-18(9-8-15(2)24-21)20-19(22(25)27)11-13-23(3,28-20)12-10-16-6-5-7-17(26)14-16/h5-9,14,26H,4,10-13H2,1-3H3. The Morgan fingerprint density at radius 3 is 2.86 bits per heavy atom. The number of aromatic hydroxyl groups is 1. The van der Waals surface area contributed by atoms with Crippen LogP contribution in [-0.4, -0.2) is 20.3 Å². The van der Waals surface area contributed by atoms with E-state index in [0.717, 1.165) is 41.5 Å². The van der Waals surface area contributed by atoms with Gasteiger partial charge < -0.3 is 9.84 Å². The molecule has 3 heterocycles. The molecule has 1 atom stereocenters. The van der Waals surface area contributed by atoms with Gasteiger partial charge in [-0.2, -0.15) is 0 Å². The molecule has 5 nitrogen and oxygen atoms in total. The van der Waals surface area contributed by atoms with Gasteiger partial charge in [-0.25, -0.2) is 4.98 Å². The number of phenolic OH excluding ortho intramolecular Hbond substituents is 1. The summed E-state index contributed by atoms with van der Waals surface area (Å²) >= 11 is 0. The molecule has 1 unspecified atom stereocenters. The predicted octanol–water partition coefficient (Wildman–Crippen LogP) is 4.15. The van der Waals surface area contributed by atoms with Gasteiger partial charge in [0, 0.05) is 12.2 Å². The first kappa shape index (κ1) is 18.5. The summed E-state index contributed by atoms with van der Waals surface area (Å²) in [4.78, 5) is 17.6. The van der Waals surface area contributed by atoms with Crippen LogP contribution in [0, 0.1) is 6.92 Å². The first-order valence-corrected chi connectivity index (χ1v) is 9.90. The molecule has 0 amide bonds. The van der Waals surface area contributed by atoms with E-state index in [1.165, 1.54) is 0 Å². The summed E-state index contributed by atoms with van der Waals surface area (Å²) in [6, 6.07) is 11.3. The molecule has 0 spiro atoms. The Labute approximate surface area is 164 Å². The summed E-state index contributed by atoms with van der Waals surface area (Å²) in [6.45, 7) is 6.61. The molecule has 4 rings (SSSR count). The van der Waals surface area contributed by atoms with Crippen molar-refractivity contribution in [2.24, 2.45) is 0 Å². The minimum absolute atomic E-state index is 0.0122. The Bertz CT molecular complexity index is 1100. The zero-order chi connectivity index (χ0) is 19.9. The van der Waals surface area contributed by atoms with Gasteiger partial charge in [-0.05, 0) is 76.3 Å². The van der Waals surface area contributed by atoms with E-state index >= 15 is 0 Å². The fraction of sp³-hybridized carbons (Fsp3) is 0.391. The Morgan fingerprint density at radius 2 is 2.11 bits per heavy atom. The van der Waals surface area contributed by atoms with Crippen molar-refractivity contribution in [3.8, 4) is 11.5 Å². The zero-order valence-electron chi connectivity index (χ0n) is 16.7. The SMILES string of the molecule is CCn1c(=O)c2c(c3ccc(C)nc31)OC(C)(CCc1cccc(O)c1)CC2. The molecule has 5 heteroatoms. The number of nitrogens with zero attached hydrogens (tertiary/aromatic N) is 2. The second-order valence-corrected chi connectivity index (χ2v) is 7.90. The molecule has 1 N–H and O–H groups in total. The van der Waals surface area contributed by atoms with Crippen LogP contribution in [0.1, 0.15) is 43.5 Å². The van der Waals surface area contributed by atoms with E-state index in [-0.39, 0.29) is 16.9 Å². The summed E-state index contributed by atoms with van der Waals surface area (Å²) in [7, 11) is 0. The van der Waals surface area contributed by atoms with E-state index in [9.17, 15) is 9.90 Å². The van der Waals surface area contributed by atoms with E-state index in [0.29, 0.717) is 24.4 Å². The molecule has 0 radical (unpaired) electrons. The van der Waals surface area contributed by atoms with Crippen LogP contribution < -0.4 is 10.3 Å². The highest BCUT2D eigenvalue weighted by molar-refractivity contribution is 5.84. The monoisotopic (exact) mass is 378 g/mol. The van der Waals surface area contributed by atoms with Gasteiger partial charge in [0.2, 0.25) is 0 Å². The first-order chi connectivity index (χ1) is 13.4. The summed E-state index contributed by atoms with van der Waals surface area (Å²) < 4.78 is 8.24. The van der Waals surface area contributed by atoms with Crippen molar-refractivity contribution < 1.29 is 9.84 Å². The number of hydrogen-bond donors (Lipinski definition) is 1. The number of benzene rings is 1. The van der Waals surface area contributed by atoms with Gasteiger partial charge in [0.05, 0.1) is 10.9 Å². The third kappa shape index (κ3) is 3.26. The van der Waals surface area contributed by atoms with Crippen molar-refractivity contribution in [1.29, 1.82) is 0 Å². The van der Waals surface area contributed by atoms with E-state index in [1.54, 1.807) is 16.7 Å². The van der Waals surface area contributed by atoms with Crippen LogP contribution in [0.5, 0.6) is 11.5 Å². The molecular weight excluding hydrogens is 352 g/mol. The zero-order valence-corrected chi connectivity index (χ0v) is 16.7. The number of aryl methyl sites for hydroxylation is 3. The third-order valence-corrected chi connectivity index (χ3v) is 5.71. The fourth-order valence-electron chi connectivity index (χ4n) is 4.06. The molecule has 146 valence electrons. The number of ether oxygens (including phenoxy) is 1. The Hall–Kier alpha value is -2.82. The smallest absolute Gasteiger partial charge is 0.259 e. The quantitative estimate of drug-likeness (QED) is 0.741. The van der Waals surface area contributed by atoms with Gasteiger partial charge in [-0.15, -0.1) is 0 Å². The maximum absolute atomic E-state index is 13.0. The van der Waals surface area contributed by atoms with Crippen molar-refractivity contribution in [1.82, 2.24) is 9.55 Å². The maximum atomic E-state index is 13.0. The van der Waals surface area contributed by atoms with Gasteiger partial charge in [-0.1, -0.05) is 12.1 Å². The maximum Gasteiger partial charge on any atom is 0.259 e. The number of aromatic nitrogens is 2. The lowest BCUT2D eigenvalue weighted by Gasteiger charge is -2.36. The van der Waals surface area contributed by atoms with Gasteiger partial charge in [0.15, 0.2) is 0 Å². The van der Waals surface area contributed by atoms with E-state index < -0.39 is 0 Å². The topological polar surface area (TPSA) is 64.4 Å². The van der Waals surface area contributed by atoms with Crippen LogP contribution in [0.4, 0.5) is 0 Å². The predicted molar refractivity (Wildman–Crippen MR) is 110 cm³/mol. The van der Waals surface area contributed by atoms with Crippen molar-refractivity contribution >= 4 is 11.0 Å². The van der Waals surface area contributed by atoms with Crippen molar-refractivity contribution in [2.75, 3.05) is 0 Å². The van der Waals surface area contributed by atoms with Crippen molar-refractivity contribution in [2.45, 2.75) is 58.6 Å². The number of phenols is 1. The summed E-state index contributed by atoms with van der Waals surface area (Å²) in [5.74, 6) is 0.979. The molecule has 0 bridgehead atoms. The molecule has 0 saturated heterocycles. The van der Waals surface area contributed by atoms with Crippen molar-refractivity contribution in [3.63, 3.8) is 0 Å². The van der Waals surface area contributed by atoms with E-state index in [2.05, 4.69) is 11.9 Å². The van der Waals surface area contributed by atoms with Gasteiger partial charge in [-0.3, -0.25) is 9.36 Å². The highest BCUT2D eigenvalue weighted by atomic mass is 16.5. The van der Waals surface area contributed by atoms with Crippen LogP contribution in [-0.2, 0) is 19.4 Å². The van der Waals surface area contributed by atoms with E-state index in [4.69, 9.17) is 4.74 Å². The summed E-state index contributed by atoms with van der Waals surface area (Å²) in [5, 5.41) is 10.6. The molecule has 1 aromatic carbocycles. The van der Waals surface area contributed by atoms with Gasteiger partial charge >= 0.3 is 0 Å². The second kappa shape index (κ2) is 6.97. The molecule has 0 aliphatic carbocycles. The van der Waals surface area contributed by atoms with E-state index in [1.807, 2.05) is 38.1 Å². The number of pyridine rings is 2. The Morgan fingerprint density at radius 1 is 1.29 bits per heavy atom. The lowest BCUT2D eigenvalue weighted by Crippen LogP contribution is -2.40. The van der Waals surface area contributed by atoms with Crippen LogP contribution in [0.2, 0.25) is 0 Å². The molecule has 0 saturated carbocycles. The largest absolute Gasteiger partial charge is 0.508 e. The molecule has 1 aliphatic heterocycles. The number of rotatable bonds is 4. The van der Waals surface area contributed by atoms with Crippen LogP contribution in [0.3, 0.4) is 0 Å². The normalized spacial score (nSPS) is 18.7. The van der Waals surface area contributed by atoms with Crippen LogP contribution in [0.25, 0.3) is 11.0 Å². The average molecular weight is 378 g/mol. The van der Waals surface area contributed by atoms with Crippen LogP contribution in [0.15, 0.2) is 41.2 Å².